The van der Waals surface area contributed by atoms with Crippen molar-refractivity contribution in [3.63, 3.8) is 0 Å². The molecule has 5 rings (SSSR count). The van der Waals surface area contributed by atoms with Gasteiger partial charge in [0.05, 0.1) is 0 Å². The van der Waals surface area contributed by atoms with Gasteiger partial charge in [0.15, 0.2) is 5.78 Å². The lowest BCUT2D eigenvalue weighted by atomic mass is 9.80. The van der Waals surface area contributed by atoms with Gasteiger partial charge in [-0.2, -0.15) is 10.1 Å². The number of allylic oxidation sites excluding steroid dienone is 2. The van der Waals surface area contributed by atoms with Gasteiger partial charge in [-0.05, 0) is 35.6 Å². The molecule has 130 valence electrons. The first-order valence-corrected chi connectivity index (χ1v) is 9.30. The maximum absolute atomic E-state index is 13.8. The molecular formula is C19H15FN4OS. The van der Waals surface area contributed by atoms with Gasteiger partial charge in [0, 0.05) is 28.5 Å². The van der Waals surface area contributed by atoms with Gasteiger partial charge < -0.3 is 5.32 Å². The molecule has 1 aromatic carbocycles. The van der Waals surface area contributed by atoms with Crippen LogP contribution in [0.1, 0.15) is 35.2 Å². The lowest BCUT2D eigenvalue weighted by Crippen LogP contribution is -2.33. The minimum atomic E-state index is -0.448. The first kappa shape index (κ1) is 15.5. The molecule has 3 heterocycles. The van der Waals surface area contributed by atoms with Crippen LogP contribution >= 0.6 is 11.3 Å². The molecule has 0 radical (unpaired) electrons. The van der Waals surface area contributed by atoms with Crippen LogP contribution in [-0.4, -0.2) is 20.5 Å². The molecule has 2 atom stereocenters. The van der Waals surface area contributed by atoms with Crippen molar-refractivity contribution in [3.8, 4) is 0 Å². The quantitative estimate of drug-likeness (QED) is 0.747. The number of aromatic nitrogens is 3. The van der Waals surface area contributed by atoms with Crippen LogP contribution < -0.4 is 5.32 Å². The third kappa shape index (κ3) is 2.39. The molecule has 1 N–H and O–H groups in total. The predicted octanol–water partition coefficient (Wildman–Crippen LogP) is 3.89. The molecule has 0 unspecified atom stereocenters. The fourth-order valence-corrected chi connectivity index (χ4v) is 4.69. The number of nitrogens with zero attached hydrogens (tertiary/aromatic N) is 3. The molecule has 7 heteroatoms. The Bertz CT molecular complexity index is 1020. The Balaban J connectivity index is 1.63. The van der Waals surface area contributed by atoms with E-state index in [9.17, 15) is 9.18 Å². The second-order valence-corrected chi connectivity index (χ2v) is 7.53. The van der Waals surface area contributed by atoms with Crippen molar-refractivity contribution in [1.82, 2.24) is 14.8 Å². The maximum atomic E-state index is 13.8. The van der Waals surface area contributed by atoms with Crippen molar-refractivity contribution >= 4 is 23.1 Å². The van der Waals surface area contributed by atoms with E-state index in [-0.39, 0.29) is 17.5 Å². The van der Waals surface area contributed by atoms with Gasteiger partial charge in [-0.1, -0.05) is 18.2 Å². The number of rotatable bonds is 2. The molecule has 2 aromatic heterocycles. The van der Waals surface area contributed by atoms with Gasteiger partial charge in [0.1, 0.15) is 18.2 Å². The van der Waals surface area contributed by atoms with Crippen LogP contribution in [0.5, 0.6) is 0 Å². The number of Topliss-reactive ketones (excluding diaryl/α,β-unsaturated/α-hetero) is 1. The van der Waals surface area contributed by atoms with Crippen LogP contribution in [0.4, 0.5) is 10.3 Å². The fraction of sp³-hybridized carbons (Fsp3) is 0.211. The van der Waals surface area contributed by atoms with Crippen molar-refractivity contribution in [2.45, 2.75) is 24.8 Å². The van der Waals surface area contributed by atoms with E-state index in [1.165, 1.54) is 23.3 Å². The standard InChI is InChI=1S/C19H15FN4OS/c20-13-4-1-3-11(7-13)18-17-14(23-19-21-10-22-24(18)19)8-12(9-15(17)25)16-5-2-6-26-16/h1-7,10,12,18H,8-9H2,(H,21,22,23)/t12-,18+/m1/s1. The molecule has 0 amide bonds. The zero-order valence-electron chi connectivity index (χ0n) is 13.7. The Labute approximate surface area is 153 Å². The molecule has 1 aliphatic carbocycles. The highest BCUT2D eigenvalue weighted by molar-refractivity contribution is 7.10. The monoisotopic (exact) mass is 366 g/mol. The molecule has 0 fully saturated rings. The van der Waals surface area contributed by atoms with E-state index < -0.39 is 6.04 Å². The van der Waals surface area contributed by atoms with E-state index in [1.807, 2.05) is 17.5 Å². The van der Waals surface area contributed by atoms with Gasteiger partial charge in [-0.25, -0.2) is 9.07 Å². The summed E-state index contributed by atoms with van der Waals surface area (Å²) in [4.78, 5) is 18.6. The second kappa shape index (κ2) is 5.88. The number of benzene rings is 1. The molecule has 0 spiro atoms. The summed E-state index contributed by atoms with van der Waals surface area (Å²) in [6.07, 6.45) is 2.64. The number of hydrogen-bond acceptors (Lipinski definition) is 5. The third-order valence-electron chi connectivity index (χ3n) is 4.97. The van der Waals surface area contributed by atoms with Crippen molar-refractivity contribution < 1.29 is 9.18 Å². The Kier molecular flexibility index (Phi) is 3.49. The number of hydrogen-bond donors (Lipinski definition) is 1. The van der Waals surface area contributed by atoms with Crippen LogP contribution in [0.15, 0.2) is 59.4 Å². The van der Waals surface area contributed by atoms with Gasteiger partial charge in [-0.15, -0.1) is 11.3 Å². The van der Waals surface area contributed by atoms with Crippen LogP contribution in [0.25, 0.3) is 0 Å². The summed E-state index contributed by atoms with van der Waals surface area (Å²) in [6.45, 7) is 0. The fourth-order valence-electron chi connectivity index (χ4n) is 3.86. The smallest absolute Gasteiger partial charge is 0.226 e. The first-order chi connectivity index (χ1) is 12.7. The molecular weight excluding hydrogens is 351 g/mol. The SMILES string of the molecule is O=C1C[C@H](c2cccs2)CC2=C1[C@H](c1cccc(F)c1)n1ncnc1N2. The zero-order valence-corrected chi connectivity index (χ0v) is 14.5. The maximum Gasteiger partial charge on any atom is 0.226 e. The molecule has 26 heavy (non-hydrogen) atoms. The zero-order chi connectivity index (χ0) is 17.7. The summed E-state index contributed by atoms with van der Waals surface area (Å²) < 4.78 is 15.5. The normalized spacial score (nSPS) is 22.0. The number of ketones is 1. The molecule has 3 aromatic rings. The lowest BCUT2D eigenvalue weighted by Gasteiger charge is -2.34. The minimum absolute atomic E-state index is 0.0764. The van der Waals surface area contributed by atoms with E-state index in [1.54, 1.807) is 22.1 Å². The molecule has 0 saturated carbocycles. The van der Waals surface area contributed by atoms with E-state index in [4.69, 9.17) is 0 Å². The van der Waals surface area contributed by atoms with Crippen LogP contribution in [-0.2, 0) is 4.79 Å². The summed E-state index contributed by atoms with van der Waals surface area (Å²) in [5.41, 5.74) is 2.24. The average molecular weight is 366 g/mol. The van der Waals surface area contributed by atoms with E-state index >= 15 is 0 Å². The second-order valence-electron chi connectivity index (χ2n) is 6.55. The highest BCUT2D eigenvalue weighted by atomic mass is 32.1. The molecule has 5 nitrogen and oxygen atoms in total. The lowest BCUT2D eigenvalue weighted by molar-refractivity contribution is -0.116. The van der Waals surface area contributed by atoms with Crippen LogP contribution in [0, 0.1) is 5.82 Å². The number of halogens is 1. The van der Waals surface area contributed by atoms with Gasteiger partial charge in [0.25, 0.3) is 0 Å². The highest BCUT2D eigenvalue weighted by Crippen LogP contribution is 2.44. The average Bonchev–Trinajstić information content (AvgIpc) is 3.31. The van der Waals surface area contributed by atoms with Crippen molar-refractivity contribution in [3.05, 3.63) is 75.6 Å². The molecule has 0 bridgehead atoms. The molecule has 1 aliphatic heterocycles. The number of carbonyl (C=O) groups is 1. The Morgan fingerprint density at radius 3 is 2.96 bits per heavy atom. The largest absolute Gasteiger partial charge is 0.328 e. The number of fused-ring (bicyclic) bond motifs is 1. The minimum Gasteiger partial charge on any atom is -0.328 e. The summed E-state index contributed by atoms with van der Waals surface area (Å²) >= 11 is 1.67. The number of thiophene rings is 1. The number of carbonyl (C=O) groups excluding carboxylic acids is 1. The predicted molar refractivity (Wildman–Crippen MR) is 96.5 cm³/mol. The number of nitrogens with one attached hydrogen (secondary N) is 1. The Hall–Kier alpha value is -2.80. The molecule has 0 saturated heterocycles. The van der Waals surface area contributed by atoms with Crippen LogP contribution in [0.2, 0.25) is 0 Å². The van der Waals surface area contributed by atoms with Gasteiger partial charge in [-0.3, -0.25) is 4.79 Å². The topological polar surface area (TPSA) is 59.8 Å². The van der Waals surface area contributed by atoms with E-state index in [0.29, 0.717) is 23.5 Å². The summed E-state index contributed by atoms with van der Waals surface area (Å²) in [5, 5.41) is 9.58. The summed E-state index contributed by atoms with van der Waals surface area (Å²) in [6, 6.07) is 9.98. The van der Waals surface area contributed by atoms with Crippen molar-refractivity contribution in [2.24, 2.45) is 0 Å². The highest BCUT2D eigenvalue weighted by Gasteiger charge is 2.39. The Morgan fingerprint density at radius 2 is 2.15 bits per heavy atom. The first-order valence-electron chi connectivity index (χ1n) is 8.42. The Morgan fingerprint density at radius 1 is 1.23 bits per heavy atom. The van der Waals surface area contributed by atoms with E-state index in [0.717, 1.165) is 12.1 Å². The third-order valence-corrected chi connectivity index (χ3v) is 6.01. The summed E-state index contributed by atoms with van der Waals surface area (Å²) in [7, 11) is 0. The van der Waals surface area contributed by atoms with Crippen molar-refractivity contribution in [2.75, 3.05) is 5.32 Å². The van der Waals surface area contributed by atoms with E-state index in [2.05, 4.69) is 21.5 Å². The summed E-state index contributed by atoms with van der Waals surface area (Å²) in [5.74, 6) is 0.492. The molecule has 2 aliphatic rings. The van der Waals surface area contributed by atoms with Crippen molar-refractivity contribution in [1.29, 1.82) is 0 Å². The van der Waals surface area contributed by atoms with Gasteiger partial charge >= 0.3 is 0 Å². The van der Waals surface area contributed by atoms with Crippen LogP contribution in [0.3, 0.4) is 0 Å². The number of anilines is 1. The van der Waals surface area contributed by atoms with Gasteiger partial charge in [0.2, 0.25) is 5.95 Å².